The third-order valence-corrected chi connectivity index (χ3v) is 8.20. The van der Waals surface area contributed by atoms with Crippen LogP contribution in [0.5, 0.6) is 0 Å². The Kier molecular flexibility index (Phi) is 8.83. The van der Waals surface area contributed by atoms with Gasteiger partial charge >= 0.3 is 0 Å². The van der Waals surface area contributed by atoms with Crippen LogP contribution in [-0.4, -0.2) is 51.4 Å². The number of nitrogens with one attached hydrogen (secondary N) is 2. The van der Waals surface area contributed by atoms with Crippen molar-refractivity contribution in [3.05, 3.63) is 17.0 Å². The fourth-order valence-corrected chi connectivity index (χ4v) is 5.64. The Morgan fingerprint density at radius 2 is 2.00 bits per heavy atom. The van der Waals surface area contributed by atoms with Crippen LogP contribution in [0.15, 0.2) is 16.3 Å². The monoisotopic (exact) mass is 409 g/mol. The van der Waals surface area contributed by atoms with E-state index in [2.05, 4.69) is 10.6 Å². The van der Waals surface area contributed by atoms with Gasteiger partial charge in [-0.3, -0.25) is 4.79 Å². The molecule has 0 aromatic carbocycles. The van der Waals surface area contributed by atoms with Crippen molar-refractivity contribution in [3.63, 3.8) is 0 Å². The highest BCUT2D eigenvalue weighted by Crippen LogP contribution is 2.25. The van der Waals surface area contributed by atoms with Crippen LogP contribution in [0.25, 0.3) is 0 Å². The third kappa shape index (κ3) is 5.40. The molecule has 144 valence electrons. The van der Waals surface area contributed by atoms with E-state index >= 15 is 0 Å². The van der Waals surface area contributed by atoms with E-state index in [0.29, 0.717) is 36.2 Å². The number of carbonyl (C=O) groups excluding carboxylic acids is 1. The number of amides is 1. The molecule has 1 aromatic rings. The maximum atomic E-state index is 12.5. The maximum absolute atomic E-state index is 12.5. The molecule has 1 atom stereocenters. The van der Waals surface area contributed by atoms with Gasteiger partial charge in [0.15, 0.2) is 0 Å². The Morgan fingerprint density at radius 3 is 2.52 bits per heavy atom. The van der Waals surface area contributed by atoms with E-state index < -0.39 is 10.0 Å². The number of hydrogen-bond acceptors (Lipinski definition) is 5. The van der Waals surface area contributed by atoms with Crippen LogP contribution in [0, 0.1) is 11.8 Å². The molecule has 0 saturated carbocycles. The van der Waals surface area contributed by atoms with Gasteiger partial charge in [-0.25, -0.2) is 8.42 Å². The molecule has 0 bridgehead atoms. The van der Waals surface area contributed by atoms with Crippen molar-refractivity contribution < 1.29 is 13.2 Å². The van der Waals surface area contributed by atoms with Gasteiger partial charge in [0, 0.05) is 30.4 Å². The topological polar surface area (TPSA) is 78.5 Å². The molecule has 2 N–H and O–H groups in total. The number of halogens is 1. The molecular weight excluding hydrogens is 382 g/mol. The first-order chi connectivity index (χ1) is 11.4. The summed E-state index contributed by atoms with van der Waals surface area (Å²) in [6, 6.07) is 3.50. The lowest BCUT2D eigenvalue weighted by molar-refractivity contribution is -0.126. The van der Waals surface area contributed by atoms with Gasteiger partial charge in [0.25, 0.3) is 10.0 Å². The number of nitrogens with zero attached hydrogens (tertiary/aromatic N) is 1. The Balaban J connectivity index is 0.00000312. The van der Waals surface area contributed by atoms with E-state index in [-0.39, 0.29) is 24.2 Å². The lowest BCUT2D eigenvalue weighted by Crippen LogP contribution is -2.49. The second-order valence-electron chi connectivity index (χ2n) is 6.06. The van der Waals surface area contributed by atoms with Gasteiger partial charge in [-0.15, -0.1) is 23.7 Å². The number of thiophene rings is 1. The summed E-state index contributed by atoms with van der Waals surface area (Å²) in [6.45, 7) is 8.92. The fraction of sp³-hybridized carbons (Fsp3) is 0.688. The predicted molar refractivity (Wildman–Crippen MR) is 104 cm³/mol. The molecule has 2 rings (SSSR count). The first-order valence-corrected chi connectivity index (χ1v) is 10.7. The highest BCUT2D eigenvalue weighted by molar-refractivity contribution is 7.91. The zero-order chi connectivity index (χ0) is 17.7. The van der Waals surface area contributed by atoms with E-state index in [1.54, 1.807) is 6.07 Å². The quantitative estimate of drug-likeness (QED) is 0.650. The zero-order valence-electron chi connectivity index (χ0n) is 14.9. The molecule has 6 nitrogen and oxygen atoms in total. The lowest BCUT2D eigenvalue weighted by atomic mass is 9.88. The van der Waals surface area contributed by atoms with Gasteiger partial charge in [-0.2, -0.15) is 4.31 Å². The van der Waals surface area contributed by atoms with Gasteiger partial charge < -0.3 is 10.6 Å². The van der Waals surface area contributed by atoms with Crippen molar-refractivity contribution in [1.82, 2.24) is 14.9 Å². The molecule has 1 fully saturated rings. The molecule has 1 aliphatic heterocycles. The van der Waals surface area contributed by atoms with Crippen LogP contribution in [0.3, 0.4) is 0 Å². The van der Waals surface area contributed by atoms with Gasteiger partial charge in [0.1, 0.15) is 4.21 Å². The van der Waals surface area contributed by atoms with Gasteiger partial charge in [-0.1, -0.05) is 20.8 Å². The molecule has 9 heteroatoms. The summed E-state index contributed by atoms with van der Waals surface area (Å²) in [6.07, 6.45) is 0.653. The third-order valence-electron chi connectivity index (χ3n) is 4.54. The average molecular weight is 410 g/mol. The molecule has 1 amide bonds. The Morgan fingerprint density at radius 1 is 1.36 bits per heavy atom. The van der Waals surface area contributed by atoms with Crippen LogP contribution >= 0.6 is 23.7 Å². The number of hydrogen-bond donors (Lipinski definition) is 2. The predicted octanol–water partition coefficient (Wildman–Crippen LogP) is 1.71. The highest BCUT2D eigenvalue weighted by atomic mass is 35.5. The van der Waals surface area contributed by atoms with Crippen LogP contribution in [0.4, 0.5) is 0 Å². The summed E-state index contributed by atoms with van der Waals surface area (Å²) in [7, 11) is -3.38. The molecule has 1 aliphatic rings. The van der Waals surface area contributed by atoms with Crippen molar-refractivity contribution >= 4 is 39.7 Å². The molecular formula is C16H28ClN3O3S2. The summed E-state index contributed by atoms with van der Waals surface area (Å²) >= 11 is 1.29. The van der Waals surface area contributed by atoms with Crippen LogP contribution in [0.2, 0.25) is 0 Å². The molecule has 1 saturated heterocycles. The summed E-state index contributed by atoms with van der Waals surface area (Å²) in [5, 5.41) is 6.13. The van der Waals surface area contributed by atoms with Crippen molar-refractivity contribution in [2.45, 2.75) is 31.4 Å². The standard InChI is InChI=1S/C16H27N3O3S2.ClH/c1-4-19(5-2)24(21,22)15-7-6-14(23-15)8-9-18-16(20)12(3)13-10-17-11-13;/h6-7,12-13,17H,4-5,8-11H2,1-3H3,(H,18,20);1H. The van der Waals surface area contributed by atoms with Crippen molar-refractivity contribution in [2.75, 3.05) is 32.7 Å². The van der Waals surface area contributed by atoms with E-state index in [1.807, 2.05) is 26.8 Å². The first-order valence-electron chi connectivity index (χ1n) is 8.47. The van der Waals surface area contributed by atoms with E-state index in [0.717, 1.165) is 18.0 Å². The minimum atomic E-state index is -3.38. The van der Waals surface area contributed by atoms with Crippen LogP contribution < -0.4 is 10.6 Å². The highest BCUT2D eigenvalue weighted by Gasteiger charge is 2.28. The molecule has 2 heterocycles. The van der Waals surface area contributed by atoms with Crippen molar-refractivity contribution in [3.8, 4) is 0 Å². The average Bonchev–Trinajstić information content (AvgIpc) is 2.96. The Bertz CT molecular complexity index is 655. The van der Waals surface area contributed by atoms with Crippen LogP contribution in [-0.2, 0) is 21.2 Å². The SMILES string of the molecule is CCN(CC)S(=O)(=O)c1ccc(CCNC(=O)C(C)C2CNC2)s1.Cl. The normalized spacial score (nSPS) is 16.2. The fourth-order valence-electron chi connectivity index (χ4n) is 2.67. The molecule has 1 unspecified atom stereocenters. The minimum absolute atomic E-state index is 0. The summed E-state index contributed by atoms with van der Waals surface area (Å²) in [5.41, 5.74) is 0. The molecule has 25 heavy (non-hydrogen) atoms. The van der Waals surface area contributed by atoms with Gasteiger partial charge in [-0.05, 0) is 37.6 Å². The van der Waals surface area contributed by atoms with E-state index in [9.17, 15) is 13.2 Å². The summed E-state index contributed by atoms with van der Waals surface area (Å²) < 4.78 is 26.7. The Hall–Kier alpha value is -0.670. The van der Waals surface area contributed by atoms with Crippen LogP contribution in [0.1, 0.15) is 25.6 Å². The molecule has 0 radical (unpaired) electrons. The second-order valence-corrected chi connectivity index (χ2v) is 9.39. The maximum Gasteiger partial charge on any atom is 0.252 e. The van der Waals surface area contributed by atoms with Gasteiger partial charge in [0.2, 0.25) is 5.91 Å². The number of rotatable bonds is 9. The largest absolute Gasteiger partial charge is 0.355 e. The lowest BCUT2D eigenvalue weighted by Gasteiger charge is -2.31. The smallest absolute Gasteiger partial charge is 0.252 e. The summed E-state index contributed by atoms with van der Waals surface area (Å²) in [5.74, 6) is 0.528. The Labute approximate surface area is 160 Å². The zero-order valence-corrected chi connectivity index (χ0v) is 17.4. The van der Waals surface area contributed by atoms with Gasteiger partial charge in [0.05, 0.1) is 0 Å². The van der Waals surface area contributed by atoms with Crippen molar-refractivity contribution in [1.29, 1.82) is 0 Å². The van der Waals surface area contributed by atoms with E-state index in [4.69, 9.17) is 0 Å². The second kappa shape index (κ2) is 9.87. The minimum Gasteiger partial charge on any atom is -0.355 e. The first kappa shape index (κ1) is 22.4. The number of sulfonamides is 1. The summed E-state index contributed by atoms with van der Waals surface area (Å²) in [4.78, 5) is 13.0. The van der Waals surface area contributed by atoms with E-state index in [1.165, 1.54) is 15.6 Å². The van der Waals surface area contributed by atoms with Crippen molar-refractivity contribution in [2.24, 2.45) is 11.8 Å². The number of carbonyl (C=O) groups is 1. The molecule has 0 spiro atoms. The molecule has 1 aromatic heterocycles. The molecule has 0 aliphatic carbocycles.